The van der Waals surface area contributed by atoms with Gasteiger partial charge >= 0.3 is 0 Å². The molecule has 3 rings (SSSR count). The molecule has 0 saturated carbocycles. The molecule has 1 saturated heterocycles. The summed E-state index contributed by atoms with van der Waals surface area (Å²) >= 11 is 1.21. The van der Waals surface area contributed by atoms with Crippen molar-refractivity contribution in [2.75, 3.05) is 39.1 Å². The molecule has 39 heavy (non-hydrogen) atoms. The van der Waals surface area contributed by atoms with Crippen LogP contribution in [0.5, 0.6) is 5.75 Å². The lowest BCUT2D eigenvalue weighted by molar-refractivity contribution is -0.117. The van der Waals surface area contributed by atoms with Gasteiger partial charge in [-0.1, -0.05) is 39.4 Å². The Kier molecular flexibility index (Phi) is 14.0. The van der Waals surface area contributed by atoms with E-state index >= 15 is 0 Å². The molecule has 2 aromatic rings. The van der Waals surface area contributed by atoms with E-state index in [1.54, 1.807) is 17.5 Å². The molecule has 1 atom stereocenters. The molecule has 1 amide bonds. The maximum atomic E-state index is 13.0. The Morgan fingerprint density at radius 3 is 2.38 bits per heavy atom. The van der Waals surface area contributed by atoms with E-state index in [1.807, 2.05) is 65.6 Å². The van der Waals surface area contributed by atoms with Gasteiger partial charge in [-0.2, -0.15) is 0 Å². The summed E-state index contributed by atoms with van der Waals surface area (Å²) in [5.41, 5.74) is 18.8. The molecular weight excluding hydrogens is 516 g/mol. The zero-order valence-corrected chi connectivity index (χ0v) is 25.0. The Hall–Kier alpha value is -3.64. The molecule has 0 aliphatic carbocycles. The van der Waals surface area contributed by atoms with Crippen molar-refractivity contribution in [3.8, 4) is 5.75 Å². The summed E-state index contributed by atoms with van der Waals surface area (Å²) in [7, 11) is 1.93. The van der Waals surface area contributed by atoms with Crippen molar-refractivity contribution in [3.63, 3.8) is 0 Å². The Labute approximate surface area is 236 Å². The monoisotopic (exact) mass is 560 g/mol. The number of carbonyl (C=O) groups is 1. The first-order chi connectivity index (χ1) is 18.6. The van der Waals surface area contributed by atoms with E-state index in [0.29, 0.717) is 35.5 Å². The van der Waals surface area contributed by atoms with Crippen LogP contribution in [-0.2, 0) is 9.63 Å². The number of amidine groups is 1. The van der Waals surface area contributed by atoms with Crippen molar-refractivity contribution in [3.05, 3.63) is 53.2 Å². The maximum absolute atomic E-state index is 13.0. The topological polar surface area (TPSA) is 166 Å². The summed E-state index contributed by atoms with van der Waals surface area (Å²) in [6.07, 6.45) is 0. The summed E-state index contributed by atoms with van der Waals surface area (Å²) in [5.74, 6) is 0.634. The number of oxime groups is 1. The zero-order valence-electron chi connectivity index (χ0n) is 24.2. The molecule has 0 radical (unpaired) electrons. The number of ether oxygens (including phenoxy) is 1. The number of likely N-dealkylation sites (N-methyl/N-ethyl adjacent to an activating group) is 1. The van der Waals surface area contributed by atoms with Crippen LogP contribution in [0.15, 0.2) is 52.1 Å². The van der Waals surface area contributed by atoms with E-state index in [2.05, 4.69) is 27.0 Å². The summed E-state index contributed by atoms with van der Waals surface area (Å²) in [6.45, 7) is 17.3. The van der Waals surface area contributed by atoms with E-state index in [1.165, 1.54) is 11.3 Å². The van der Waals surface area contributed by atoms with E-state index in [4.69, 9.17) is 26.8 Å². The van der Waals surface area contributed by atoms with Crippen LogP contribution in [0.25, 0.3) is 0 Å². The van der Waals surface area contributed by atoms with E-state index in [0.717, 1.165) is 11.3 Å². The molecule has 1 fully saturated rings. The van der Waals surface area contributed by atoms with Crippen LogP contribution in [0, 0.1) is 0 Å². The van der Waals surface area contributed by atoms with Crippen LogP contribution in [0.4, 0.5) is 5.13 Å². The number of hydrogen-bond donors (Lipinski definition) is 4. The lowest BCUT2D eigenvalue weighted by Crippen LogP contribution is -2.69. The lowest BCUT2D eigenvalue weighted by Gasteiger charge is -2.56. The number of carbonyl (C=O) groups excluding carboxylic acids is 1. The predicted octanol–water partition coefficient (Wildman–Crippen LogP) is 2.96. The smallest absolute Gasteiger partial charge is 0.276 e. The van der Waals surface area contributed by atoms with Gasteiger partial charge in [0.25, 0.3) is 5.91 Å². The highest BCUT2D eigenvalue weighted by atomic mass is 32.1. The fraction of sp³-hybridized carbons (Fsp3) is 0.481. The zero-order chi connectivity index (χ0) is 29.6. The average Bonchev–Trinajstić information content (AvgIpc) is 3.39. The standard InChI is InChI=1S/C23H32N8O3S.2C2H6/c1-14-19(23(2,3)31(14)4)29-21(32)18(17-13-35-22(26)28-17)30-34-12-11-33-16-7-5-15(6-8-16)20(25)27-10-9-24;2*1-2/h5-8,13,19H,1,9-12,24H2,2-4H3,(H2,25,27)(H2,26,28)(H,29,32);2*1-2H3/b30-18-;;/t19-;;/m1../s1. The van der Waals surface area contributed by atoms with Crippen LogP contribution in [0.3, 0.4) is 0 Å². The van der Waals surface area contributed by atoms with E-state index in [-0.39, 0.29) is 30.5 Å². The Balaban J connectivity index is 0.00000181. The highest BCUT2D eigenvalue weighted by Gasteiger charge is 2.48. The van der Waals surface area contributed by atoms with Gasteiger partial charge in [0, 0.05) is 30.2 Å². The van der Waals surface area contributed by atoms with E-state index < -0.39 is 5.91 Å². The van der Waals surface area contributed by atoms with Gasteiger partial charge in [-0.3, -0.25) is 9.79 Å². The second-order valence-corrected chi connectivity index (χ2v) is 9.27. The van der Waals surface area contributed by atoms with Gasteiger partial charge in [0.2, 0.25) is 0 Å². The summed E-state index contributed by atoms with van der Waals surface area (Å²) in [4.78, 5) is 28.8. The van der Waals surface area contributed by atoms with Gasteiger partial charge in [0.05, 0.1) is 18.1 Å². The molecule has 0 unspecified atom stereocenters. The Bertz CT molecular complexity index is 1110. The molecule has 1 aliphatic rings. The highest BCUT2D eigenvalue weighted by Crippen LogP contribution is 2.36. The van der Waals surface area contributed by atoms with Crippen LogP contribution in [0.1, 0.15) is 52.8 Å². The number of hydrogen-bond acceptors (Lipinski definition) is 10. The molecule has 2 heterocycles. The Morgan fingerprint density at radius 2 is 1.85 bits per heavy atom. The van der Waals surface area contributed by atoms with Gasteiger partial charge in [-0.05, 0) is 38.1 Å². The predicted molar refractivity (Wildman–Crippen MR) is 161 cm³/mol. The number of nitrogen functional groups attached to an aromatic ring is 1. The molecule has 1 aromatic heterocycles. The van der Waals surface area contributed by atoms with Crippen molar-refractivity contribution in [2.45, 2.75) is 53.1 Å². The number of aliphatic imine (C=N–C) groups is 1. The van der Waals surface area contributed by atoms with Gasteiger partial charge in [-0.25, -0.2) is 4.98 Å². The minimum Gasteiger partial charge on any atom is -0.490 e. The fourth-order valence-corrected chi connectivity index (χ4v) is 4.01. The minimum absolute atomic E-state index is 0.0349. The minimum atomic E-state index is -0.423. The van der Waals surface area contributed by atoms with Crippen molar-refractivity contribution in [1.82, 2.24) is 15.2 Å². The number of nitrogens with two attached hydrogens (primary N) is 3. The lowest BCUT2D eigenvalue weighted by atomic mass is 9.80. The molecule has 0 bridgehead atoms. The van der Waals surface area contributed by atoms with Crippen molar-refractivity contribution >= 4 is 33.9 Å². The van der Waals surface area contributed by atoms with Crippen molar-refractivity contribution in [2.24, 2.45) is 21.6 Å². The van der Waals surface area contributed by atoms with E-state index in [9.17, 15) is 4.79 Å². The number of anilines is 1. The largest absolute Gasteiger partial charge is 0.490 e. The summed E-state index contributed by atoms with van der Waals surface area (Å²) in [6, 6.07) is 6.95. The number of aromatic nitrogens is 1. The van der Waals surface area contributed by atoms with Crippen LogP contribution in [0.2, 0.25) is 0 Å². The second kappa shape index (κ2) is 16.4. The first kappa shape index (κ1) is 33.4. The molecule has 1 aliphatic heterocycles. The second-order valence-electron chi connectivity index (χ2n) is 8.38. The third kappa shape index (κ3) is 8.96. The average molecular weight is 561 g/mol. The SMILES string of the molecule is C=C1[C@@H](NC(=O)/C(=N\OCCOc2ccc(C(N)=NCCN)cc2)c2csc(N)n2)C(C)(C)N1C.CC.CC. The molecule has 1 aromatic carbocycles. The van der Waals surface area contributed by atoms with Gasteiger partial charge in [0.1, 0.15) is 23.9 Å². The number of likely N-dealkylation sites (tertiary alicyclic amines) is 1. The third-order valence-corrected chi connectivity index (χ3v) is 6.42. The number of rotatable bonds is 11. The number of thiazole rings is 1. The third-order valence-electron chi connectivity index (χ3n) is 5.75. The Morgan fingerprint density at radius 1 is 1.21 bits per heavy atom. The number of nitrogens with one attached hydrogen (secondary N) is 1. The fourth-order valence-electron chi connectivity index (χ4n) is 3.46. The number of nitrogens with zero attached hydrogens (tertiary/aromatic N) is 4. The van der Waals surface area contributed by atoms with Crippen LogP contribution >= 0.6 is 11.3 Å². The van der Waals surface area contributed by atoms with Gasteiger partial charge in [0.15, 0.2) is 17.5 Å². The molecule has 216 valence electrons. The summed E-state index contributed by atoms with van der Waals surface area (Å²) < 4.78 is 5.67. The molecule has 12 heteroatoms. The van der Waals surface area contributed by atoms with Crippen molar-refractivity contribution in [1.29, 1.82) is 0 Å². The highest BCUT2D eigenvalue weighted by molar-refractivity contribution is 7.13. The molecule has 0 spiro atoms. The summed E-state index contributed by atoms with van der Waals surface area (Å²) in [5, 5.41) is 8.98. The maximum Gasteiger partial charge on any atom is 0.276 e. The number of benzene rings is 1. The normalized spacial score (nSPS) is 16.2. The first-order valence-corrected chi connectivity index (χ1v) is 13.9. The van der Waals surface area contributed by atoms with Crippen molar-refractivity contribution < 1.29 is 14.4 Å². The van der Waals surface area contributed by atoms with Gasteiger partial charge in [-0.15, -0.1) is 11.3 Å². The van der Waals surface area contributed by atoms with Gasteiger partial charge < -0.3 is 37.0 Å². The number of amides is 1. The molecular formula is C27H44N8O3S. The van der Waals surface area contributed by atoms with Crippen LogP contribution < -0.4 is 27.3 Å². The quantitative estimate of drug-likeness (QED) is 0.141. The molecule has 11 nitrogen and oxygen atoms in total. The molecule has 7 N–H and O–H groups in total. The van der Waals surface area contributed by atoms with Crippen LogP contribution in [-0.4, -0.2) is 72.3 Å². The first-order valence-electron chi connectivity index (χ1n) is 13.0.